The first kappa shape index (κ1) is 15.2. The first-order chi connectivity index (χ1) is 9.65. The van der Waals surface area contributed by atoms with Gasteiger partial charge >= 0.3 is 0 Å². The van der Waals surface area contributed by atoms with Crippen molar-refractivity contribution in [2.45, 2.75) is 72.3 Å². The Balaban J connectivity index is 2.11. The van der Waals surface area contributed by atoms with Crippen LogP contribution in [0.4, 0.5) is 5.95 Å². The molecule has 1 aliphatic carbocycles. The van der Waals surface area contributed by atoms with Crippen molar-refractivity contribution in [3.8, 4) is 0 Å². The average molecular weight is 276 g/mol. The van der Waals surface area contributed by atoms with Crippen molar-refractivity contribution in [1.29, 1.82) is 0 Å². The van der Waals surface area contributed by atoms with E-state index in [9.17, 15) is 0 Å². The van der Waals surface area contributed by atoms with E-state index in [2.05, 4.69) is 48.2 Å². The summed E-state index contributed by atoms with van der Waals surface area (Å²) in [6.07, 6.45) is 7.03. The van der Waals surface area contributed by atoms with E-state index in [1.54, 1.807) is 0 Å². The summed E-state index contributed by atoms with van der Waals surface area (Å²) in [5.41, 5.74) is 2.11. The highest BCUT2D eigenvalue weighted by molar-refractivity contribution is 5.28. The van der Waals surface area contributed by atoms with Crippen LogP contribution >= 0.6 is 0 Å². The largest absolute Gasteiger partial charge is 0.350 e. The standard InChI is InChI=1S/C16H28N4/c1-5-13-14(6-2)19-20-16(17-13)18-15-10-8-7-9-12(15)11(3)4/h11-12,15H,5-10H2,1-4H3,(H,17,18,20). The van der Waals surface area contributed by atoms with E-state index in [0.717, 1.165) is 36.1 Å². The molecule has 1 heterocycles. The third-order valence-corrected chi connectivity index (χ3v) is 4.50. The number of hydrogen-bond acceptors (Lipinski definition) is 4. The van der Waals surface area contributed by atoms with Gasteiger partial charge in [0.1, 0.15) is 0 Å². The van der Waals surface area contributed by atoms with E-state index >= 15 is 0 Å². The maximum Gasteiger partial charge on any atom is 0.243 e. The summed E-state index contributed by atoms with van der Waals surface area (Å²) in [6, 6.07) is 0.503. The van der Waals surface area contributed by atoms with E-state index in [1.807, 2.05) is 0 Å². The van der Waals surface area contributed by atoms with Gasteiger partial charge in [-0.05, 0) is 37.5 Å². The summed E-state index contributed by atoms with van der Waals surface area (Å²) >= 11 is 0. The number of nitrogens with zero attached hydrogens (tertiary/aromatic N) is 3. The van der Waals surface area contributed by atoms with Crippen LogP contribution in [0.3, 0.4) is 0 Å². The van der Waals surface area contributed by atoms with Crippen molar-refractivity contribution in [2.75, 3.05) is 5.32 Å². The summed E-state index contributed by atoms with van der Waals surface area (Å²) in [5.74, 6) is 2.15. The molecule has 112 valence electrons. The van der Waals surface area contributed by atoms with Crippen molar-refractivity contribution in [3.63, 3.8) is 0 Å². The number of anilines is 1. The minimum absolute atomic E-state index is 0.503. The quantitative estimate of drug-likeness (QED) is 0.892. The van der Waals surface area contributed by atoms with Crippen LogP contribution in [0, 0.1) is 11.8 Å². The van der Waals surface area contributed by atoms with Crippen LogP contribution in [0.1, 0.15) is 64.8 Å². The molecule has 0 radical (unpaired) electrons. The number of nitrogens with one attached hydrogen (secondary N) is 1. The van der Waals surface area contributed by atoms with E-state index in [1.165, 1.54) is 25.7 Å². The second-order valence-corrected chi connectivity index (χ2v) is 6.18. The minimum Gasteiger partial charge on any atom is -0.350 e. The monoisotopic (exact) mass is 276 g/mol. The highest BCUT2D eigenvalue weighted by Gasteiger charge is 2.28. The Hall–Kier alpha value is -1.19. The Morgan fingerprint density at radius 3 is 2.40 bits per heavy atom. The van der Waals surface area contributed by atoms with E-state index in [0.29, 0.717) is 12.0 Å². The van der Waals surface area contributed by atoms with Crippen molar-refractivity contribution >= 4 is 5.95 Å². The Labute approximate surface area is 122 Å². The van der Waals surface area contributed by atoms with E-state index in [-0.39, 0.29) is 0 Å². The molecular weight excluding hydrogens is 248 g/mol. The highest BCUT2D eigenvalue weighted by atomic mass is 15.2. The van der Waals surface area contributed by atoms with Gasteiger partial charge in [-0.3, -0.25) is 0 Å². The summed E-state index contributed by atoms with van der Waals surface area (Å²) in [5, 5.41) is 12.2. The lowest BCUT2D eigenvalue weighted by Gasteiger charge is -2.34. The van der Waals surface area contributed by atoms with Crippen LogP contribution in [0.5, 0.6) is 0 Å². The summed E-state index contributed by atoms with van der Waals surface area (Å²) in [7, 11) is 0. The molecule has 2 atom stereocenters. The van der Waals surface area contributed by atoms with Crippen LogP contribution in [0.2, 0.25) is 0 Å². The average Bonchev–Trinajstić information content (AvgIpc) is 2.47. The zero-order valence-corrected chi connectivity index (χ0v) is 13.3. The molecular formula is C16H28N4. The molecule has 20 heavy (non-hydrogen) atoms. The molecule has 2 rings (SSSR count). The Kier molecular flexibility index (Phi) is 5.32. The minimum atomic E-state index is 0.503. The van der Waals surface area contributed by atoms with Gasteiger partial charge in [0.15, 0.2) is 0 Å². The van der Waals surface area contributed by atoms with Gasteiger partial charge in [-0.15, -0.1) is 5.10 Å². The van der Waals surface area contributed by atoms with Gasteiger partial charge in [0.05, 0.1) is 11.4 Å². The van der Waals surface area contributed by atoms with E-state index in [4.69, 9.17) is 0 Å². The molecule has 1 aromatic rings. The first-order valence-electron chi connectivity index (χ1n) is 8.14. The lowest BCUT2D eigenvalue weighted by molar-refractivity contribution is 0.253. The number of aromatic nitrogens is 3. The van der Waals surface area contributed by atoms with Crippen LogP contribution in [-0.4, -0.2) is 21.2 Å². The molecule has 0 amide bonds. The maximum absolute atomic E-state index is 4.67. The van der Waals surface area contributed by atoms with Crippen LogP contribution < -0.4 is 5.32 Å². The molecule has 0 bridgehead atoms. The molecule has 0 aliphatic heterocycles. The molecule has 4 heteroatoms. The molecule has 1 N–H and O–H groups in total. The lowest BCUT2D eigenvalue weighted by atomic mass is 9.78. The topological polar surface area (TPSA) is 50.7 Å². The van der Waals surface area contributed by atoms with Crippen LogP contribution in [-0.2, 0) is 12.8 Å². The zero-order chi connectivity index (χ0) is 14.5. The molecule has 1 aliphatic rings. The Bertz CT molecular complexity index is 430. The number of aryl methyl sites for hydroxylation is 2. The predicted octanol–water partition coefficient (Wildman–Crippen LogP) is 3.62. The molecule has 0 saturated heterocycles. The van der Waals surface area contributed by atoms with Gasteiger partial charge in [0.25, 0.3) is 0 Å². The molecule has 2 unspecified atom stereocenters. The molecule has 0 spiro atoms. The second-order valence-electron chi connectivity index (χ2n) is 6.18. The highest BCUT2D eigenvalue weighted by Crippen LogP contribution is 2.31. The normalized spacial score (nSPS) is 23.1. The number of hydrogen-bond donors (Lipinski definition) is 1. The van der Waals surface area contributed by atoms with Gasteiger partial charge in [-0.2, -0.15) is 5.10 Å². The zero-order valence-electron chi connectivity index (χ0n) is 13.3. The maximum atomic E-state index is 4.67. The fraction of sp³-hybridized carbons (Fsp3) is 0.812. The third-order valence-electron chi connectivity index (χ3n) is 4.50. The van der Waals surface area contributed by atoms with Crippen molar-refractivity contribution in [3.05, 3.63) is 11.4 Å². The molecule has 1 saturated carbocycles. The number of rotatable bonds is 5. The van der Waals surface area contributed by atoms with Crippen molar-refractivity contribution < 1.29 is 0 Å². The SMILES string of the molecule is CCc1nnc(NC2CCCCC2C(C)C)nc1CC. The third kappa shape index (κ3) is 3.47. The van der Waals surface area contributed by atoms with Gasteiger partial charge in [-0.1, -0.05) is 40.5 Å². The summed E-state index contributed by atoms with van der Waals surface area (Å²) in [6.45, 7) is 8.88. The first-order valence-corrected chi connectivity index (χ1v) is 8.14. The fourth-order valence-electron chi connectivity index (χ4n) is 3.30. The smallest absolute Gasteiger partial charge is 0.243 e. The van der Waals surface area contributed by atoms with Crippen LogP contribution in [0.15, 0.2) is 0 Å². The lowest BCUT2D eigenvalue weighted by Crippen LogP contribution is -2.36. The fourth-order valence-corrected chi connectivity index (χ4v) is 3.30. The second kappa shape index (κ2) is 7.00. The molecule has 4 nitrogen and oxygen atoms in total. The van der Waals surface area contributed by atoms with Gasteiger partial charge < -0.3 is 5.32 Å². The molecule has 0 aromatic carbocycles. The van der Waals surface area contributed by atoms with Crippen molar-refractivity contribution in [1.82, 2.24) is 15.2 Å². The Morgan fingerprint density at radius 1 is 1.05 bits per heavy atom. The molecule has 1 fully saturated rings. The summed E-state index contributed by atoms with van der Waals surface area (Å²) < 4.78 is 0. The van der Waals surface area contributed by atoms with E-state index < -0.39 is 0 Å². The van der Waals surface area contributed by atoms with Gasteiger partial charge in [0.2, 0.25) is 5.95 Å². The van der Waals surface area contributed by atoms with Crippen molar-refractivity contribution in [2.24, 2.45) is 11.8 Å². The van der Waals surface area contributed by atoms with Gasteiger partial charge in [-0.25, -0.2) is 4.98 Å². The Morgan fingerprint density at radius 2 is 1.75 bits per heavy atom. The molecule has 1 aromatic heterocycles. The van der Waals surface area contributed by atoms with Gasteiger partial charge in [0, 0.05) is 6.04 Å². The van der Waals surface area contributed by atoms with Crippen LogP contribution in [0.25, 0.3) is 0 Å². The summed E-state index contributed by atoms with van der Waals surface area (Å²) in [4.78, 5) is 4.67. The predicted molar refractivity (Wildman–Crippen MR) is 82.8 cm³/mol.